The molecule has 64 heavy (non-hydrogen) atoms. The highest BCUT2D eigenvalue weighted by Crippen LogP contribution is 2.44. The van der Waals surface area contributed by atoms with Crippen LogP contribution in [0.1, 0.15) is 149 Å². The molecular formula is C46H78O16P2. The van der Waals surface area contributed by atoms with Gasteiger partial charge in [0.25, 0.3) is 0 Å². The van der Waals surface area contributed by atoms with E-state index in [9.17, 15) is 43.7 Å². The molecule has 0 bridgehead atoms. The van der Waals surface area contributed by atoms with Crippen LogP contribution in [-0.2, 0) is 46.6 Å². The molecule has 16 nitrogen and oxygen atoms in total. The average Bonchev–Trinajstić information content (AvgIpc) is 3.51. The summed E-state index contributed by atoms with van der Waals surface area (Å²) in [6.45, 7) is 1.28. The minimum atomic E-state index is -4.90. The van der Waals surface area contributed by atoms with Gasteiger partial charge in [-0.15, -0.1) is 0 Å². The highest BCUT2D eigenvalue weighted by atomic mass is 31.2. The van der Waals surface area contributed by atoms with Gasteiger partial charge in [-0.1, -0.05) is 126 Å². The molecule has 1 saturated carbocycles. The lowest BCUT2D eigenvalue weighted by atomic mass is 9.90. The Labute approximate surface area is 381 Å². The molecule has 0 aromatic carbocycles. The third-order valence-electron chi connectivity index (χ3n) is 10.2. The first-order valence-electron chi connectivity index (χ1n) is 23.1. The van der Waals surface area contributed by atoms with Crippen LogP contribution in [0.25, 0.3) is 0 Å². The van der Waals surface area contributed by atoms with Crippen molar-refractivity contribution in [3.05, 3.63) is 60.8 Å². The fraction of sp³-hybridized carbons (Fsp3) is 0.717. The Hall–Kier alpha value is -2.59. The molecule has 0 radical (unpaired) electrons. The van der Waals surface area contributed by atoms with Gasteiger partial charge in [-0.25, -0.2) is 9.13 Å². The Morgan fingerprint density at radius 2 is 1.23 bits per heavy atom. The molecule has 0 aromatic heterocycles. The zero-order valence-corrected chi connectivity index (χ0v) is 39.9. The Balaban J connectivity index is 2.59. The first-order chi connectivity index (χ1) is 30.6. The van der Waals surface area contributed by atoms with E-state index in [1.165, 1.54) is 38.5 Å². The summed E-state index contributed by atoms with van der Waals surface area (Å²) in [5, 5.41) is 30.5. The van der Waals surface area contributed by atoms with E-state index in [1.54, 1.807) is 12.2 Å². The molecule has 1 fully saturated rings. The maximum absolute atomic E-state index is 12.7. The molecule has 18 heteroatoms. The normalized spacial score (nSPS) is 19.7. The molecule has 7 atom stereocenters. The molecule has 0 saturated heterocycles. The van der Waals surface area contributed by atoms with Crippen LogP contribution in [-0.4, -0.2) is 98.6 Å². The number of allylic oxidation sites excluding steroid dienone is 8. The summed E-state index contributed by atoms with van der Waals surface area (Å²) in [7, 11) is -9.80. The molecule has 1 rings (SSSR count). The van der Waals surface area contributed by atoms with Crippen LogP contribution in [0.5, 0.6) is 0 Å². The number of Topliss-reactive ketones (excluding diaryl/α,β-unsaturated/α-hetero) is 1. The first kappa shape index (κ1) is 59.4. The van der Waals surface area contributed by atoms with E-state index in [0.717, 1.165) is 38.5 Å². The van der Waals surface area contributed by atoms with E-state index in [0.29, 0.717) is 38.5 Å². The van der Waals surface area contributed by atoms with E-state index in [4.69, 9.17) is 23.8 Å². The molecule has 0 spiro atoms. The Bertz CT molecular complexity index is 1520. The van der Waals surface area contributed by atoms with Gasteiger partial charge in [0.15, 0.2) is 6.10 Å². The summed E-state index contributed by atoms with van der Waals surface area (Å²) >= 11 is 0. The SMILES string of the molecule is CCCCCCCC/C=C\C/C=C\C/C=C\CCCC(=O)O[C@H](COC(=O)CCC/C=C\C[C@H]1C(=O)C[C@@H](O)[C@@H]1/C=C/[C@@H](O)CCCCC)COP(=O)(O)OC[C@@H](O)COP(=O)(O)O. The Kier molecular flexibility index (Phi) is 33.9. The topological polar surface area (TPSA) is 253 Å². The van der Waals surface area contributed by atoms with E-state index in [-0.39, 0.29) is 25.0 Å². The number of ketones is 1. The van der Waals surface area contributed by atoms with Gasteiger partial charge in [-0.3, -0.25) is 28.0 Å². The van der Waals surface area contributed by atoms with Gasteiger partial charge in [-0.2, -0.15) is 0 Å². The highest BCUT2D eigenvalue weighted by molar-refractivity contribution is 7.47. The number of phosphoric acid groups is 2. The number of aliphatic hydroxyl groups is 3. The highest BCUT2D eigenvalue weighted by Gasteiger charge is 2.39. The van der Waals surface area contributed by atoms with E-state index < -0.39 is 90.3 Å². The molecule has 0 heterocycles. The quantitative estimate of drug-likeness (QED) is 0.0146. The third-order valence-corrected chi connectivity index (χ3v) is 11.7. The molecule has 0 amide bonds. The fourth-order valence-electron chi connectivity index (χ4n) is 6.64. The van der Waals surface area contributed by atoms with Crippen molar-refractivity contribution in [3.8, 4) is 0 Å². The molecule has 1 aliphatic rings. The lowest BCUT2D eigenvalue weighted by molar-refractivity contribution is -0.161. The summed E-state index contributed by atoms with van der Waals surface area (Å²) in [5.74, 6) is -2.14. The zero-order chi connectivity index (χ0) is 47.5. The predicted molar refractivity (Wildman–Crippen MR) is 245 cm³/mol. The first-order valence-corrected chi connectivity index (χ1v) is 26.1. The largest absolute Gasteiger partial charge is 0.472 e. The van der Waals surface area contributed by atoms with Crippen LogP contribution >= 0.6 is 15.6 Å². The monoisotopic (exact) mass is 948 g/mol. The number of aliphatic hydroxyl groups excluding tert-OH is 3. The van der Waals surface area contributed by atoms with Gasteiger partial charge < -0.3 is 39.5 Å². The van der Waals surface area contributed by atoms with Gasteiger partial charge in [0, 0.05) is 31.1 Å². The maximum atomic E-state index is 12.7. The minimum Gasteiger partial charge on any atom is -0.462 e. The van der Waals surface area contributed by atoms with Crippen molar-refractivity contribution in [2.45, 2.75) is 173 Å². The number of esters is 2. The average molecular weight is 949 g/mol. The fourth-order valence-corrected chi connectivity index (χ4v) is 7.79. The van der Waals surface area contributed by atoms with Crippen molar-refractivity contribution in [3.63, 3.8) is 0 Å². The van der Waals surface area contributed by atoms with Crippen molar-refractivity contribution in [1.82, 2.24) is 0 Å². The van der Waals surface area contributed by atoms with Gasteiger partial charge in [0.05, 0.1) is 32.0 Å². The van der Waals surface area contributed by atoms with Crippen LogP contribution in [0.4, 0.5) is 0 Å². The zero-order valence-electron chi connectivity index (χ0n) is 38.1. The van der Waals surface area contributed by atoms with Crippen LogP contribution in [0.15, 0.2) is 60.8 Å². The van der Waals surface area contributed by atoms with Crippen molar-refractivity contribution >= 4 is 33.4 Å². The summed E-state index contributed by atoms with van der Waals surface area (Å²) < 4.78 is 47.7. The number of carbonyl (C=O) groups excluding carboxylic acids is 3. The van der Waals surface area contributed by atoms with Crippen molar-refractivity contribution in [2.75, 3.05) is 26.4 Å². The molecule has 1 aliphatic carbocycles. The van der Waals surface area contributed by atoms with Gasteiger partial charge in [0.1, 0.15) is 18.5 Å². The standard InChI is InChI=1S/C46H78O16P2/c1-3-5-7-8-9-10-11-12-13-14-15-16-17-18-19-20-26-30-46(52)62-40(37-61-64(56,57)60-35-39(48)34-59-63(53,54)55)36-58-45(51)29-25-22-21-24-28-41-42(44(50)33-43(41)49)32-31-38(47)27-23-6-4-2/h12-13,15-16,18-19,21,24,31-32,38-42,44,47-48,50H,3-11,14,17,20,22-23,25-30,33-37H2,1-2H3,(H,56,57)(H2,53,54,55)/b13-12-,16-15-,19-18-,24-21-,32-31+/t38-,39-,40+,41+,42+,44+/m0/s1. The number of hydrogen-bond donors (Lipinski definition) is 6. The van der Waals surface area contributed by atoms with Crippen molar-refractivity contribution in [2.24, 2.45) is 11.8 Å². The molecule has 368 valence electrons. The number of ether oxygens (including phenoxy) is 2. The lowest BCUT2D eigenvalue weighted by Gasteiger charge is -2.20. The number of phosphoric ester groups is 2. The predicted octanol–water partition coefficient (Wildman–Crippen LogP) is 8.60. The number of unbranched alkanes of at least 4 members (excludes halogenated alkanes) is 10. The Morgan fingerprint density at radius 3 is 1.89 bits per heavy atom. The summed E-state index contributed by atoms with van der Waals surface area (Å²) in [6.07, 6.45) is 31.6. The molecular weight excluding hydrogens is 870 g/mol. The summed E-state index contributed by atoms with van der Waals surface area (Å²) in [6, 6.07) is 0. The van der Waals surface area contributed by atoms with E-state index in [1.807, 2.05) is 24.3 Å². The van der Waals surface area contributed by atoms with Crippen molar-refractivity contribution in [1.29, 1.82) is 0 Å². The van der Waals surface area contributed by atoms with Crippen LogP contribution in [0, 0.1) is 11.8 Å². The van der Waals surface area contributed by atoms with E-state index in [2.05, 4.69) is 47.2 Å². The number of hydrogen-bond acceptors (Lipinski definition) is 13. The van der Waals surface area contributed by atoms with Gasteiger partial charge in [0.2, 0.25) is 0 Å². The molecule has 0 aliphatic heterocycles. The van der Waals surface area contributed by atoms with E-state index >= 15 is 0 Å². The molecule has 0 aromatic rings. The molecule has 1 unspecified atom stereocenters. The number of rotatable bonds is 39. The number of carbonyl (C=O) groups is 3. The summed E-state index contributed by atoms with van der Waals surface area (Å²) in [5.41, 5.74) is 0. The lowest BCUT2D eigenvalue weighted by Crippen LogP contribution is -2.29. The smallest absolute Gasteiger partial charge is 0.462 e. The van der Waals surface area contributed by atoms with Crippen molar-refractivity contribution < 1.29 is 76.6 Å². The van der Waals surface area contributed by atoms with Crippen LogP contribution < -0.4 is 0 Å². The molecule has 6 N–H and O–H groups in total. The van der Waals surface area contributed by atoms with Crippen LogP contribution in [0.2, 0.25) is 0 Å². The summed E-state index contributed by atoms with van der Waals surface area (Å²) in [4.78, 5) is 65.5. The third kappa shape index (κ3) is 33.0. The second-order valence-electron chi connectivity index (χ2n) is 16.1. The Morgan fingerprint density at radius 1 is 0.688 bits per heavy atom. The maximum Gasteiger partial charge on any atom is 0.472 e. The second-order valence-corrected chi connectivity index (χ2v) is 18.8. The van der Waals surface area contributed by atoms with Gasteiger partial charge >= 0.3 is 27.6 Å². The second kappa shape index (κ2) is 36.5. The van der Waals surface area contributed by atoms with Crippen LogP contribution in [0.3, 0.4) is 0 Å². The minimum absolute atomic E-state index is 0.00283. The van der Waals surface area contributed by atoms with Gasteiger partial charge in [-0.05, 0) is 64.2 Å².